The van der Waals surface area contributed by atoms with Gasteiger partial charge in [-0.2, -0.15) is 5.10 Å². The summed E-state index contributed by atoms with van der Waals surface area (Å²) in [6.45, 7) is 4.20. The van der Waals surface area contributed by atoms with E-state index in [0.717, 1.165) is 0 Å². The molecule has 0 aromatic carbocycles. The van der Waals surface area contributed by atoms with Gasteiger partial charge in [-0.15, -0.1) is 0 Å². The second kappa shape index (κ2) is 5.15. The van der Waals surface area contributed by atoms with Gasteiger partial charge in [-0.3, -0.25) is 15.8 Å². The van der Waals surface area contributed by atoms with Crippen LogP contribution in [0.1, 0.15) is 19.4 Å². The Balaban J connectivity index is 2.56. The van der Waals surface area contributed by atoms with Gasteiger partial charge in [0, 0.05) is 0 Å². The number of ether oxygens (including phenoxy) is 1. The Morgan fingerprint density at radius 1 is 1.75 bits per heavy atom. The van der Waals surface area contributed by atoms with Crippen molar-refractivity contribution in [3.8, 4) is 0 Å². The summed E-state index contributed by atoms with van der Waals surface area (Å²) in [5.74, 6) is 0.356. The Bertz CT molecular complexity index is 385. The molecule has 0 aliphatic carbocycles. The number of nitrogens with zero attached hydrogens (tertiary/aromatic N) is 1. The SMILES string of the molecule is CC(C)COC(=O)Nc1[nH]ncc1C(=N)N. The van der Waals surface area contributed by atoms with Gasteiger partial charge in [0.2, 0.25) is 0 Å². The highest BCUT2D eigenvalue weighted by Crippen LogP contribution is 2.10. The lowest BCUT2D eigenvalue weighted by molar-refractivity contribution is 0.147. The minimum Gasteiger partial charge on any atom is -0.449 e. The van der Waals surface area contributed by atoms with Gasteiger partial charge < -0.3 is 10.5 Å². The van der Waals surface area contributed by atoms with Crippen molar-refractivity contribution in [2.45, 2.75) is 13.8 Å². The molecule has 7 nitrogen and oxygen atoms in total. The van der Waals surface area contributed by atoms with E-state index in [-0.39, 0.29) is 17.6 Å². The van der Waals surface area contributed by atoms with Crippen LogP contribution in [0.25, 0.3) is 0 Å². The zero-order valence-electron chi connectivity index (χ0n) is 9.20. The van der Waals surface area contributed by atoms with Crippen LogP contribution in [0.4, 0.5) is 10.6 Å². The summed E-state index contributed by atoms with van der Waals surface area (Å²) in [6, 6.07) is 0. The maximum Gasteiger partial charge on any atom is 0.412 e. The van der Waals surface area contributed by atoms with Gasteiger partial charge in [-0.05, 0) is 5.92 Å². The van der Waals surface area contributed by atoms with Crippen LogP contribution in [0, 0.1) is 11.3 Å². The molecule has 0 unspecified atom stereocenters. The Kier molecular flexibility index (Phi) is 3.87. The number of carbonyl (C=O) groups excluding carboxylic acids is 1. The van der Waals surface area contributed by atoms with Crippen molar-refractivity contribution >= 4 is 17.7 Å². The number of carbonyl (C=O) groups is 1. The molecule has 0 atom stereocenters. The number of aromatic nitrogens is 2. The zero-order valence-corrected chi connectivity index (χ0v) is 9.20. The van der Waals surface area contributed by atoms with Crippen LogP contribution in [0.15, 0.2) is 6.20 Å². The summed E-state index contributed by atoms with van der Waals surface area (Å²) in [5.41, 5.74) is 5.62. The summed E-state index contributed by atoms with van der Waals surface area (Å²) in [6.07, 6.45) is 0.765. The first-order valence-corrected chi connectivity index (χ1v) is 4.82. The van der Waals surface area contributed by atoms with Crippen molar-refractivity contribution in [2.75, 3.05) is 11.9 Å². The zero-order chi connectivity index (χ0) is 12.1. The second-order valence-corrected chi connectivity index (χ2v) is 3.69. The highest BCUT2D eigenvalue weighted by molar-refractivity contribution is 6.01. The molecule has 0 spiro atoms. The first kappa shape index (κ1) is 12.0. The minimum absolute atomic E-state index is 0.173. The van der Waals surface area contributed by atoms with E-state index in [1.54, 1.807) is 0 Å². The number of amides is 1. The number of aromatic amines is 1. The van der Waals surface area contributed by atoms with Crippen LogP contribution in [-0.2, 0) is 4.74 Å². The molecule has 0 saturated carbocycles. The average Bonchev–Trinajstić information content (AvgIpc) is 2.62. The topological polar surface area (TPSA) is 117 Å². The molecule has 1 aromatic rings. The lowest BCUT2D eigenvalue weighted by atomic mass is 10.2. The second-order valence-electron chi connectivity index (χ2n) is 3.69. The molecule has 1 amide bonds. The Hall–Kier alpha value is -2.05. The molecular formula is C9H15N5O2. The van der Waals surface area contributed by atoms with E-state index in [4.69, 9.17) is 15.9 Å². The average molecular weight is 225 g/mol. The Morgan fingerprint density at radius 2 is 2.44 bits per heavy atom. The highest BCUT2D eigenvalue weighted by atomic mass is 16.5. The maximum atomic E-state index is 11.3. The van der Waals surface area contributed by atoms with Crippen LogP contribution < -0.4 is 11.1 Å². The molecule has 1 aromatic heterocycles. The largest absolute Gasteiger partial charge is 0.449 e. The molecule has 88 valence electrons. The van der Waals surface area contributed by atoms with Gasteiger partial charge in [0.05, 0.1) is 18.4 Å². The molecule has 5 N–H and O–H groups in total. The quantitative estimate of drug-likeness (QED) is 0.449. The number of H-pyrrole nitrogens is 1. The molecule has 7 heteroatoms. The number of anilines is 1. The van der Waals surface area contributed by atoms with E-state index in [1.165, 1.54) is 6.20 Å². The summed E-state index contributed by atoms with van der Waals surface area (Å²) in [5, 5.41) is 15.9. The molecule has 0 radical (unpaired) electrons. The van der Waals surface area contributed by atoms with E-state index in [9.17, 15) is 4.79 Å². The Labute approximate surface area is 92.9 Å². The third kappa shape index (κ3) is 3.26. The number of nitrogens with one attached hydrogen (secondary N) is 3. The van der Waals surface area contributed by atoms with E-state index in [1.807, 2.05) is 13.8 Å². The normalized spacial score (nSPS) is 10.2. The number of hydrogen-bond acceptors (Lipinski definition) is 4. The van der Waals surface area contributed by atoms with Crippen molar-refractivity contribution in [3.05, 3.63) is 11.8 Å². The number of nitrogen functional groups attached to an aromatic ring is 1. The summed E-state index contributed by atoms with van der Waals surface area (Å²) in [7, 11) is 0. The molecular weight excluding hydrogens is 210 g/mol. The fourth-order valence-corrected chi connectivity index (χ4v) is 0.966. The van der Waals surface area contributed by atoms with Crippen molar-refractivity contribution in [1.82, 2.24) is 10.2 Å². The molecule has 0 aliphatic heterocycles. The van der Waals surface area contributed by atoms with Crippen molar-refractivity contribution in [2.24, 2.45) is 11.7 Å². The lowest BCUT2D eigenvalue weighted by Gasteiger charge is -2.08. The van der Waals surface area contributed by atoms with Crippen molar-refractivity contribution in [1.29, 1.82) is 5.41 Å². The van der Waals surface area contributed by atoms with Gasteiger partial charge in [0.25, 0.3) is 0 Å². The molecule has 0 bridgehead atoms. The fraction of sp³-hybridized carbons (Fsp3) is 0.444. The molecule has 1 rings (SSSR count). The van der Waals surface area contributed by atoms with Gasteiger partial charge in [-0.1, -0.05) is 13.8 Å². The predicted molar refractivity (Wildman–Crippen MR) is 59.4 cm³/mol. The van der Waals surface area contributed by atoms with Crippen LogP contribution in [-0.4, -0.2) is 28.7 Å². The predicted octanol–water partition coefficient (Wildman–Crippen LogP) is 0.898. The standard InChI is InChI=1S/C9H15N5O2/c1-5(2)4-16-9(15)13-8-6(7(10)11)3-12-14-8/h3,5H,4H2,1-2H3,(H3,10,11)(H2,12,13,14,15). The van der Waals surface area contributed by atoms with E-state index in [0.29, 0.717) is 12.2 Å². The Morgan fingerprint density at radius 3 is 3.00 bits per heavy atom. The third-order valence-corrected chi connectivity index (χ3v) is 1.70. The van der Waals surface area contributed by atoms with Gasteiger partial charge in [0.15, 0.2) is 0 Å². The summed E-state index contributed by atoms with van der Waals surface area (Å²) < 4.78 is 4.90. The monoisotopic (exact) mass is 225 g/mol. The number of rotatable bonds is 4. The van der Waals surface area contributed by atoms with Gasteiger partial charge in [-0.25, -0.2) is 4.79 Å². The number of amidine groups is 1. The smallest absolute Gasteiger partial charge is 0.412 e. The fourth-order valence-electron chi connectivity index (χ4n) is 0.966. The maximum absolute atomic E-state index is 11.3. The minimum atomic E-state index is -0.597. The number of nitrogens with two attached hydrogens (primary N) is 1. The van der Waals surface area contributed by atoms with E-state index >= 15 is 0 Å². The molecule has 1 heterocycles. The van der Waals surface area contributed by atoms with E-state index in [2.05, 4.69) is 15.5 Å². The highest BCUT2D eigenvalue weighted by Gasteiger charge is 2.11. The van der Waals surface area contributed by atoms with Crippen LogP contribution in [0.2, 0.25) is 0 Å². The van der Waals surface area contributed by atoms with Gasteiger partial charge >= 0.3 is 6.09 Å². The van der Waals surface area contributed by atoms with Gasteiger partial charge in [0.1, 0.15) is 11.7 Å². The van der Waals surface area contributed by atoms with Crippen LogP contribution >= 0.6 is 0 Å². The van der Waals surface area contributed by atoms with Crippen molar-refractivity contribution in [3.63, 3.8) is 0 Å². The number of hydrogen-bond donors (Lipinski definition) is 4. The third-order valence-electron chi connectivity index (χ3n) is 1.70. The molecule has 0 aliphatic rings. The first-order chi connectivity index (χ1) is 7.50. The van der Waals surface area contributed by atoms with Crippen LogP contribution in [0.5, 0.6) is 0 Å². The molecule has 0 saturated heterocycles. The van der Waals surface area contributed by atoms with Crippen molar-refractivity contribution < 1.29 is 9.53 Å². The first-order valence-electron chi connectivity index (χ1n) is 4.82. The molecule has 16 heavy (non-hydrogen) atoms. The summed E-state index contributed by atoms with van der Waals surface area (Å²) >= 11 is 0. The van der Waals surface area contributed by atoms with Crippen LogP contribution in [0.3, 0.4) is 0 Å². The summed E-state index contributed by atoms with van der Waals surface area (Å²) in [4.78, 5) is 11.3. The molecule has 0 fully saturated rings. The van der Waals surface area contributed by atoms with E-state index < -0.39 is 6.09 Å². The lowest BCUT2D eigenvalue weighted by Crippen LogP contribution is -2.19.